The van der Waals surface area contributed by atoms with E-state index >= 15 is 0 Å². The number of aliphatic carboxylic acids is 1. The number of carboxylic acids is 1. The molecule has 1 aliphatic heterocycles. The van der Waals surface area contributed by atoms with Crippen LogP contribution in [0.2, 0.25) is 0 Å². The molecule has 2 saturated carbocycles. The van der Waals surface area contributed by atoms with E-state index in [0.29, 0.717) is 18.8 Å². The van der Waals surface area contributed by atoms with Gasteiger partial charge < -0.3 is 9.90 Å². The molecule has 0 radical (unpaired) electrons. The Bertz CT molecular complexity index is 1610. The van der Waals surface area contributed by atoms with Crippen molar-refractivity contribution < 1.29 is 9.90 Å². The Morgan fingerprint density at radius 2 is 1.81 bits per heavy atom. The number of carboxylic acid groups (broad SMARTS) is 1. The number of carbonyl (C=O) groups is 1. The number of aryl methyl sites for hydroxylation is 1. The number of benzene rings is 3. The summed E-state index contributed by atoms with van der Waals surface area (Å²) in [5.41, 5.74) is 4.24. The summed E-state index contributed by atoms with van der Waals surface area (Å²) in [5, 5.41) is 15.7. The van der Waals surface area contributed by atoms with Gasteiger partial charge in [-0.3, -0.25) is 9.36 Å². The van der Waals surface area contributed by atoms with Gasteiger partial charge in [-0.25, -0.2) is 0 Å². The van der Waals surface area contributed by atoms with Gasteiger partial charge in [0.2, 0.25) is 0 Å². The highest BCUT2D eigenvalue weighted by Crippen LogP contribution is 2.63. The van der Waals surface area contributed by atoms with E-state index in [1.807, 2.05) is 18.2 Å². The highest BCUT2D eigenvalue weighted by Gasteiger charge is 2.62. The van der Waals surface area contributed by atoms with Gasteiger partial charge in [0.05, 0.1) is 11.0 Å². The maximum absolute atomic E-state index is 13.6. The Hall–Kier alpha value is -3.31. The number of thioether (sulfide) groups is 1. The van der Waals surface area contributed by atoms with Crippen LogP contribution in [0.4, 0.5) is 0 Å². The predicted molar refractivity (Wildman–Crippen MR) is 141 cm³/mol. The zero-order valence-electron chi connectivity index (χ0n) is 20.1. The molecule has 0 amide bonds. The van der Waals surface area contributed by atoms with Gasteiger partial charge in [-0.15, -0.1) is 11.8 Å². The summed E-state index contributed by atoms with van der Waals surface area (Å²) in [7, 11) is 0. The molecule has 0 saturated heterocycles. The van der Waals surface area contributed by atoms with Crippen LogP contribution in [0, 0.1) is 6.92 Å². The first-order chi connectivity index (χ1) is 17.5. The number of aromatic nitrogens is 1. The quantitative estimate of drug-likeness (QED) is 0.398. The van der Waals surface area contributed by atoms with E-state index in [1.165, 1.54) is 21.9 Å². The molecule has 0 bridgehead atoms. The number of rotatable bonds is 5. The molecule has 0 spiro atoms. The second kappa shape index (κ2) is 7.84. The number of fused-ring (bicyclic) bond motifs is 4. The minimum Gasteiger partial charge on any atom is -0.548 e. The van der Waals surface area contributed by atoms with E-state index in [2.05, 4.69) is 55.5 Å². The predicted octanol–water partition coefficient (Wildman–Crippen LogP) is 4.89. The van der Waals surface area contributed by atoms with Crippen LogP contribution in [0.5, 0.6) is 0 Å². The molecule has 1 aromatic heterocycles. The standard InChI is InChI=1S/C31H27NO3S/c1-18-6-4-9-21(14-18)25-17-31(30(34)35)28(25)36-29-27(20-12-13-20)23(16-26(33)32(29)31)15-22-10-5-8-19-7-2-3-11-24(19)22/h2-11,14,16,20,25,28H,12-13,15,17H2,1H3,(H,34,35)/p-1/t25-,28?,31?/m1/s1. The third-order valence-corrected chi connectivity index (χ3v) is 9.97. The van der Waals surface area contributed by atoms with Gasteiger partial charge in [0.25, 0.3) is 5.56 Å². The molecule has 2 unspecified atom stereocenters. The van der Waals surface area contributed by atoms with Crippen molar-refractivity contribution in [1.29, 1.82) is 0 Å². The number of pyridine rings is 1. The highest BCUT2D eigenvalue weighted by molar-refractivity contribution is 8.00. The first-order valence-electron chi connectivity index (χ1n) is 12.7. The van der Waals surface area contributed by atoms with Crippen LogP contribution in [0.25, 0.3) is 10.8 Å². The zero-order valence-corrected chi connectivity index (χ0v) is 20.9. The summed E-state index contributed by atoms with van der Waals surface area (Å²) in [6, 6.07) is 24.7. The maximum atomic E-state index is 13.6. The smallest absolute Gasteiger partial charge is 0.252 e. The van der Waals surface area contributed by atoms with Crippen molar-refractivity contribution in [1.82, 2.24) is 4.57 Å². The molecule has 4 aromatic rings. The van der Waals surface area contributed by atoms with Crippen molar-refractivity contribution >= 4 is 28.5 Å². The van der Waals surface area contributed by atoms with Crippen molar-refractivity contribution in [3.8, 4) is 0 Å². The lowest BCUT2D eigenvalue weighted by Gasteiger charge is -2.51. The number of hydrogen-bond donors (Lipinski definition) is 0. The van der Waals surface area contributed by atoms with Gasteiger partial charge in [-0.2, -0.15) is 0 Å². The first-order valence-corrected chi connectivity index (χ1v) is 13.6. The second-order valence-corrected chi connectivity index (χ2v) is 11.8. The van der Waals surface area contributed by atoms with Gasteiger partial charge in [0.15, 0.2) is 0 Å². The van der Waals surface area contributed by atoms with Crippen LogP contribution in [0.3, 0.4) is 0 Å². The first kappa shape index (κ1) is 21.9. The Morgan fingerprint density at radius 1 is 1.03 bits per heavy atom. The monoisotopic (exact) mass is 492 g/mol. The van der Waals surface area contributed by atoms with Gasteiger partial charge >= 0.3 is 0 Å². The van der Waals surface area contributed by atoms with Crippen molar-refractivity contribution in [2.75, 3.05) is 0 Å². The van der Waals surface area contributed by atoms with Gasteiger partial charge in [-0.1, -0.05) is 72.3 Å². The third kappa shape index (κ3) is 3.08. The van der Waals surface area contributed by atoms with E-state index in [0.717, 1.165) is 34.6 Å². The van der Waals surface area contributed by atoms with E-state index in [1.54, 1.807) is 22.4 Å². The molecule has 180 valence electrons. The lowest BCUT2D eigenvalue weighted by Crippen LogP contribution is -2.65. The van der Waals surface area contributed by atoms with Crippen LogP contribution in [0.1, 0.15) is 58.9 Å². The molecule has 2 heterocycles. The minimum atomic E-state index is -1.27. The molecule has 3 aromatic carbocycles. The fourth-order valence-electron chi connectivity index (χ4n) is 6.48. The fraction of sp³-hybridized carbons (Fsp3) is 0.290. The number of carbonyl (C=O) groups excluding carboxylic acids is 1. The van der Waals surface area contributed by atoms with Crippen LogP contribution in [-0.4, -0.2) is 15.8 Å². The molecule has 36 heavy (non-hydrogen) atoms. The Morgan fingerprint density at radius 3 is 2.58 bits per heavy atom. The Labute approximate surface area is 214 Å². The fourth-order valence-corrected chi connectivity index (χ4v) is 8.42. The maximum Gasteiger partial charge on any atom is 0.252 e. The molecule has 0 N–H and O–H groups in total. The SMILES string of the molecule is Cc1cccc([C@H]2CC3(C(=O)[O-])C2Sc2c(C4CC4)c(Cc4cccc5ccccc45)cc(=O)n23)c1. The van der Waals surface area contributed by atoms with Crippen LogP contribution >= 0.6 is 11.8 Å². The average molecular weight is 493 g/mol. The Balaban J connectivity index is 1.36. The lowest BCUT2D eigenvalue weighted by atomic mass is 9.64. The van der Waals surface area contributed by atoms with E-state index in [-0.39, 0.29) is 16.7 Å². The normalized spacial score (nSPS) is 24.2. The molecule has 2 fully saturated rings. The van der Waals surface area contributed by atoms with Crippen molar-refractivity contribution in [3.05, 3.63) is 111 Å². The highest BCUT2D eigenvalue weighted by atomic mass is 32.2. The topological polar surface area (TPSA) is 62.1 Å². The summed E-state index contributed by atoms with van der Waals surface area (Å²) in [4.78, 5) is 26.3. The number of nitrogens with zero attached hydrogens (tertiary/aromatic N) is 1. The summed E-state index contributed by atoms with van der Waals surface area (Å²) in [6.45, 7) is 2.06. The molecule has 3 aliphatic rings. The van der Waals surface area contributed by atoms with Crippen molar-refractivity contribution in [2.45, 2.75) is 60.3 Å². The van der Waals surface area contributed by atoms with E-state index in [4.69, 9.17) is 0 Å². The summed E-state index contributed by atoms with van der Waals surface area (Å²) in [5.74, 6) is -0.660. The van der Waals surface area contributed by atoms with Crippen molar-refractivity contribution in [3.63, 3.8) is 0 Å². The Kier molecular flexibility index (Phi) is 4.78. The largest absolute Gasteiger partial charge is 0.548 e. The van der Waals surface area contributed by atoms with E-state index < -0.39 is 11.5 Å². The molecule has 3 atom stereocenters. The summed E-state index contributed by atoms with van der Waals surface area (Å²) in [6.07, 6.45) is 3.23. The zero-order chi connectivity index (χ0) is 24.6. The summed E-state index contributed by atoms with van der Waals surface area (Å²) >= 11 is 1.60. The molecule has 2 aliphatic carbocycles. The molecular weight excluding hydrogens is 466 g/mol. The second-order valence-electron chi connectivity index (χ2n) is 10.6. The molecular formula is C31H26NO3S-. The van der Waals surface area contributed by atoms with Crippen LogP contribution < -0.4 is 10.7 Å². The van der Waals surface area contributed by atoms with Crippen LogP contribution in [0.15, 0.2) is 82.6 Å². The third-order valence-electron chi connectivity index (χ3n) is 8.37. The number of hydrogen-bond acceptors (Lipinski definition) is 4. The van der Waals surface area contributed by atoms with Gasteiger partial charge in [0, 0.05) is 17.2 Å². The summed E-state index contributed by atoms with van der Waals surface area (Å²) < 4.78 is 1.60. The van der Waals surface area contributed by atoms with Crippen molar-refractivity contribution in [2.24, 2.45) is 0 Å². The van der Waals surface area contributed by atoms with Gasteiger partial charge in [-0.05, 0) is 71.6 Å². The molecule has 5 heteroatoms. The molecule has 4 nitrogen and oxygen atoms in total. The average Bonchev–Trinajstić information content (AvgIpc) is 3.64. The lowest BCUT2D eigenvalue weighted by molar-refractivity contribution is -0.321. The van der Waals surface area contributed by atoms with Gasteiger partial charge in [0.1, 0.15) is 5.54 Å². The van der Waals surface area contributed by atoms with E-state index in [9.17, 15) is 14.7 Å². The van der Waals surface area contributed by atoms with Crippen LogP contribution in [-0.2, 0) is 16.8 Å². The minimum absolute atomic E-state index is 0.0840. The molecule has 7 rings (SSSR count).